The molecule has 0 amide bonds. The minimum atomic E-state index is 0. The fraction of sp³-hybridized carbons (Fsp3) is 0.588. The first-order valence-electron chi connectivity index (χ1n) is 7.99. The number of rotatable bonds is 5. The number of thioether (sulfide) groups is 1. The highest BCUT2D eigenvalue weighted by Gasteiger charge is 2.16. The van der Waals surface area contributed by atoms with Crippen molar-refractivity contribution < 1.29 is 0 Å². The first-order valence-corrected chi connectivity index (χ1v) is 9.15. The van der Waals surface area contributed by atoms with Crippen molar-refractivity contribution in [3.63, 3.8) is 0 Å². The molecule has 2 N–H and O–H groups in total. The van der Waals surface area contributed by atoms with E-state index in [-0.39, 0.29) is 30.0 Å². The Morgan fingerprint density at radius 3 is 2.39 bits per heavy atom. The third-order valence-corrected chi connectivity index (χ3v) is 5.10. The van der Waals surface area contributed by atoms with Gasteiger partial charge >= 0.3 is 0 Å². The van der Waals surface area contributed by atoms with Crippen LogP contribution in [0.2, 0.25) is 0 Å². The molecule has 1 aliphatic heterocycles. The normalized spacial score (nSPS) is 17.0. The zero-order valence-corrected chi connectivity index (χ0v) is 17.5. The van der Waals surface area contributed by atoms with E-state index in [9.17, 15) is 0 Å². The number of hydrogen-bond acceptors (Lipinski definition) is 3. The molecule has 0 bridgehead atoms. The van der Waals surface area contributed by atoms with Gasteiger partial charge in [0.1, 0.15) is 0 Å². The van der Waals surface area contributed by atoms with Crippen LogP contribution in [0.15, 0.2) is 29.3 Å². The van der Waals surface area contributed by atoms with Gasteiger partial charge in [0.2, 0.25) is 0 Å². The van der Waals surface area contributed by atoms with Gasteiger partial charge in [0.15, 0.2) is 5.96 Å². The second-order valence-electron chi connectivity index (χ2n) is 5.87. The molecule has 1 heterocycles. The first-order chi connectivity index (χ1) is 10.6. The monoisotopic (exact) mass is 448 g/mol. The van der Waals surface area contributed by atoms with Gasteiger partial charge in [0.05, 0.1) is 12.6 Å². The third-order valence-electron chi connectivity index (χ3n) is 4.16. The molecule has 1 aromatic rings. The average Bonchev–Trinajstić information content (AvgIpc) is 2.56. The molecule has 0 spiro atoms. The van der Waals surface area contributed by atoms with Crippen LogP contribution in [0.5, 0.6) is 0 Å². The van der Waals surface area contributed by atoms with E-state index in [2.05, 4.69) is 60.1 Å². The summed E-state index contributed by atoms with van der Waals surface area (Å²) in [6.07, 6.45) is 1.07. The second kappa shape index (κ2) is 10.4. The van der Waals surface area contributed by atoms with Gasteiger partial charge in [-0.15, -0.1) is 24.0 Å². The number of likely N-dealkylation sites (N-methyl/N-ethyl adjacent to an activating group) is 1. The number of nitrogens with two attached hydrogens (primary N) is 1. The molecule has 4 nitrogen and oxygen atoms in total. The molecule has 1 fully saturated rings. The van der Waals surface area contributed by atoms with Crippen molar-refractivity contribution in [2.75, 3.05) is 45.2 Å². The molecule has 2 rings (SSSR count). The Balaban J connectivity index is 0.00000264. The number of hydrogen-bond donors (Lipinski definition) is 1. The maximum Gasteiger partial charge on any atom is 0.191 e. The quantitative estimate of drug-likeness (QED) is 0.428. The summed E-state index contributed by atoms with van der Waals surface area (Å²) in [7, 11) is 4.20. The van der Waals surface area contributed by atoms with E-state index in [4.69, 9.17) is 5.73 Å². The van der Waals surface area contributed by atoms with E-state index in [1.165, 1.54) is 11.1 Å². The SMILES string of the molecule is CCc1ccc(C(CN=C(N)N2CCSCC2)N(C)C)cc1.I. The van der Waals surface area contributed by atoms with Crippen LogP contribution in [0, 0.1) is 0 Å². The second-order valence-corrected chi connectivity index (χ2v) is 7.10. The predicted molar refractivity (Wildman–Crippen MR) is 113 cm³/mol. The molecule has 0 aliphatic carbocycles. The van der Waals surface area contributed by atoms with Crippen molar-refractivity contribution in [2.45, 2.75) is 19.4 Å². The summed E-state index contributed by atoms with van der Waals surface area (Å²) in [5.74, 6) is 2.98. The Labute approximate surface area is 161 Å². The van der Waals surface area contributed by atoms with Gasteiger partial charge in [-0.3, -0.25) is 4.99 Å². The van der Waals surface area contributed by atoms with Gasteiger partial charge in [-0.2, -0.15) is 11.8 Å². The molecule has 1 atom stereocenters. The van der Waals surface area contributed by atoms with Gasteiger partial charge in [0, 0.05) is 24.6 Å². The summed E-state index contributed by atoms with van der Waals surface area (Å²) in [4.78, 5) is 9.07. The van der Waals surface area contributed by atoms with E-state index in [1.54, 1.807) is 0 Å². The van der Waals surface area contributed by atoms with Gasteiger partial charge < -0.3 is 15.5 Å². The molecule has 0 radical (unpaired) electrons. The van der Waals surface area contributed by atoms with E-state index in [0.717, 1.165) is 31.0 Å². The fourth-order valence-corrected chi connectivity index (χ4v) is 3.52. The van der Waals surface area contributed by atoms with Crippen LogP contribution in [0.25, 0.3) is 0 Å². The summed E-state index contributed by atoms with van der Waals surface area (Å²) >= 11 is 1.99. The highest BCUT2D eigenvalue weighted by Crippen LogP contribution is 2.19. The molecule has 23 heavy (non-hydrogen) atoms. The molecule has 1 saturated heterocycles. The van der Waals surface area contributed by atoms with Gasteiger partial charge in [-0.25, -0.2) is 0 Å². The summed E-state index contributed by atoms with van der Waals surface area (Å²) in [6, 6.07) is 9.12. The highest BCUT2D eigenvalue weighted by atomic mass is 127. The maximum absolute atomic E-state index is 6.17. The lowest BCUT2D eigenvalue weighted by Crippen LogP contribution is -2.43. The molecule has 6 heteroatoms. The molecular formula is C17H29IN4S. The zero-order chi connectivity index (χ0) is 15.9. The lowest BCUT2D eigenvalue weighted by molar-refractivity contribution is 0.305. The van der Waals surface area contributed by atoms with Gasteiger partial charge in [-0.05, 0) is 31.6 Å². The standard InChI is InChI=1S/C17H28N4S.HI/c1-4-14-5-7-15(8-6-14)16(20(2)3)13-19-17(18)21-9-11-22-12-10-21;/h5-8,16H,4,9-13H2,1-3H3,(H2,18,19);1H. The molecule has 1 unspecified atom stereocenters. The van der Waals surface area contributed by atoms with Crippen molar-refractivity contribution in [3.05, 3.63) is 35.4 Å². The topological polar surface area (TPSA) is 44.9 Å². The summed E-state index contributed by atoms with van der Waals surface area (Å²) in [6.45, 7) is 4.91. The van der Waals surface area contributed by atoms with Crippen molar-refractivity contribution in [3.8, 4) is 0 Å². The Kier molecular flexibility index (Phi) is 9.31. The van der Waals surface area contributed by atoms with Crippen molar-refractivity contribution in [1.82, 2.24) is 9.80 Å². The van der Waals surface area contributed by atoms with Crippen molar-refractivity contribution in [2.24, 2.45) is 10.7 Å². The van der Waals surface area contributed by atoms with Crippen LogP contribution in [-0.2, 0) is 6.42 Å². The molecule has 0 saturated carbocycles. The lowest BCUT2D eigenvalue weighted by atomic mass is 10.0. The van der Waals surface area contributed by atoms with Crippen LogP contribution in [0.3, 0.4) is 0 Å². The van der Waals surface area contributed by atoms with Crippen LogP contribution < -0.4 is 5.73 Å². The Morgan fingerprint density at radius 1 is 1.26 bits per heavy atom. The number of guanidine groups is 1. The van der Waals surface area contributed by atoms with Crippen LogP contribution in [-0.4, -0.2) is 61.0 Å². The molecule has 130 valence electrons. The molecule has 0 aromatic heterocycles. The number of halogens is 1. The summed E-state index contributed by atoms with van der Waals surface area (Å²) < 4.78 is 0. The lowest BCUT2D eigenvalue weighted by Gasteiger charge is -2.28. The number of nitrogens with zero attached hydrogens (tertiary/aromatic N) is 3. The summed E-state index contributed by atoms with van der Waals surface area (Å²) in [5, 5.41) is 0. The zero-order valence-electron chi connectivity index (χ0n) is 14.4. The molecular weight excluding hydrogens is 419 g/mol. The Bertz CT molecular complexity index is 484. The van der Waals surface area contributed by atoms with Crippen molar-refractivity contribution in [1.29, 1.82) is 0 Å². The smallest absolute Gasteiger partial charge is 0.191 e. The van der Waals surface area contributed by atoms with Crippen LogP contribution in [0.1, 0.15) is 24.1 Å². The first kappa shape index (κ1) is 20.6. The minimum absolute atomic E-state index is 0. The number of benzene rings is 1. The van der Waals surface area contributed by atoms with Gasteiger partial charge in [0.25, 0.3) is 0 Å². The van der Waals surface area contributed by atoms with Crippen molar-refractivity contribution >= 4 is 41.7 Å². The van der Waals surface area contributed by atoms with E-state index in [0.29, 0.717) is 12.5 Å². The van der Waals surface area contributed by atoms with Crippen LogP contribution in [0.4, 0.5) is 0 Å². The van der Waals surface area contributed by atoms with Crippen LogP contribution >= 0.6 is 35.7 Å². The van der Waals surface area contributed by atoms with Gasteiger partial charge in [-0.1, -0.05) is 31.2 Å². The average molecular weight is 448 g/mol. The molecule has 1 aliphatic rings. The van der Waals surface area contributed by atoms with E-state index >= 15 is 0 Å². The number of aliphatic imine (C=N–C) groups is 1. The Hall–Kier alpha value is -0.470. The van der Waals surface area contributed by atoms with E-state index < -0.39 is 0 Å². The minimum Gasteiger partial charge on any atom is -0.370 e. The largest absolute Gasteiger partial charge is 0.370 e. The predicted octanol–water partition coefficient (Wildman–Crippen LogP) is 2.83. The highest BCUT2D eigenvalue weighted by molar-refractivity contribution is 14.0. The molecule has 1 aromatic carbocycles. The van der Waals surface area contributed by atoms with E-state index in [1.807, 2.05) is 11.8 Å². The maximum atomic E-state index is 6.17. The Morgan fingerprint density at radius 2 is 1.87 bits per heavy atom. The fourth-order valence-electron chi connectivity index (χ4n) is 2.61. The summed E-state index contributed by atoms with van der Waals surface area (Å²) in [5.41, 5.74) is 8.84. The third kappa shape index (κ3) is 6.15. The number of aryl methyl sites for hydroxylation is 1.